The van der Waals surface area contributed by atoms with Crippen LogP contribution in [0.1, 0.15) is 32.1 Å². The maximum Gasteiger partial charge on any atom is 0.305 e. The van der Waals surface area contributed by atoms with Gasteiger partial charge in [-0.05, 0) is 39.3 Å². The van der Waals surface area contributed by atoms with Crippen molar-refractivity contribution in [2.45, 2.75) is 38.1 Å². The number of ether oxygens (including phenoxy) is 1. The van der Waals surface area contributed by atoms with Crippen molar-refractivity contribution in [1.29, 1.82) is 0 Å². The molecule has 0 amide bonds. The first-order valence-electron chi connectivity index (χ1n) is 5.01. The lowest BCUT2D eigenvalue weighted by atomic mass is 10.1. The Bertz CT molecular complexity index is 170. The monoisotopic (exact) mass is 185 g/mol. The van der Waals surface area contributed by atoms with Gasteiger partial charge >= 0.3 is 5.97 Å². The Kier molecular flexibility index (Phi) is 4.22. The lowest BCUT2D eigenvalue weighted by Gasteiger charge is -2.18. The second kappa shape index (κ2) is 5.22. The van der Waals surface area contributed by atoms with Crippen molar-refractivity contribution >= 4 is 5.97 Å². The molecule has 1 aliphatic heterocycles. The standard InChI is InChI=1S/C10H19NO2/c1-11-8-4-6-9(11)5-3-7-10(12)13-2/h9H,3-8H2,1-2H3/t9-/m1/s1. The molecule has 0 aliphatic carbocycles. The first-order valence-corrected chi connectivity index (χ1v) is 5.01. The van der Waals surface area contributed by atoms with Gasteiger partial charge in [0.05, 0.1) is 7.11 Å². The summed E-state index contributed by atoms with van der Waals surface area (Å²) in [6.07, 6.45) is 5.26. The summed E-state index contributed by atoms with van der Waals surface area (Å²) in [4.78, 5) is 13.2. The number of rotatable bonds is 4. The molecule has 0 radical (unpaired) electrons. The Morgan fingerprint density at radius 2 is 2.38 bits per heavy atom. The molecule has 76 valence electrons. The topological polar surface area (TPSA) is 29.5 Å². The molecule has 1 atom stereocenters. The van der Waals surface area contributed by atoms with Gasteiger partial charge in [-0.3, -0.25) is 4.79 Å². The van der Waals surface area contributed by atoms with Gasteiger partial charge in [-0.1, -0.05) is 0 Å². The van der Waals surface area contributed by atoms with Crippen LogP contribution in [0.5, 0.6) is 0 Å². The lowest BCUT2D eigenvalue weighted by Crippen LogP contribution is -2.24. The summed E-state index contributed by atoms with van der Waals surface area (Å²) in [5.74, 6) is -0.0827. The quantitative estimate of drug-likeness (QED) is 0.620. The van der Waals surface area contributed by atoms with E-state index >= 15 is 0 Å². The third-order valence-corrected chi connectivity index (χ3v) is 2.82. The van der Waals surface area contributed by atoms with Crippen LogP contribution in [0.4, 0.5) is 0 Å². The molecule has 0 unspecified atom stereocenters. The molecule has 1 heterocycles. The highest BCUT2D eigenvalue weighted by Crippen LogP contribution is 2.19. The van der Waals surface area contributed by atoms with E-state index in [2.05, 4.69) is 16.7 Å². The Balaban J connectivity index is 2.08. The lowest BCUT2D eigenvalue weighted by molar-refractivity contribution is -0.140. The summed E-state index contributed by atoms with van der Waals surface area (Å²) in [7, 11) is 3.61. The van der Waals surface area contributed by atoms with Crippen LogP contribution in [0.2, 0.25) is 0 Å². The van der Waals surface area contributed by atoms with E-state index in [0.29, 0.717) is 12.5 Å². The van der Waals surface area contributed by atoms with Crippen LogP contribution < -0.4 is 0 Å². The molecule has 0 saturated carbocycles. The van der Waals surface area contributed by atoms with Crippen molar-refractivity contribution in [1.82, 2.24) is 4.90 Å². The number of hydrogen-bond donors (Lipinski definition) is 0. The minimum Gasteiger partial charge on any atom is -0.469 e. The largest absolute Gasteiger partial charge is 0.469 e. The molecular formula is C10H19NO2. The molecule has 1 saturated heterocycles. The molecular weight excluding hydrogens is 166 g/mol. The molecule has 0 N–H and O–H groups in total. The van der Waals surface area contributed by atoms with Crippen LogP contribution in [-0.4, -0.2) is 37.6 Å². The third-order valence-electron chi connectivity index (χ3n) is 2.82. The van der Waals surface area contributed by atoms with E-state index in [1.807, 2.05) is 0 Å². The van der Waals surface area contributed by atoms with Crippen LogP contribution in [0, 0.1) is 0 Å². The van der Waals surface area contributed by atoms with Crippen molar-refractivity contribution in [3.8, 4) is 0 Å². The summed E-state index contributed by atoms with van der Waals surface area (Å²) in [5.41, 5.74) is 0. The third kappa shape index (κ3) is 3.35. The van der Waals surface area contributed by atoms with Crippen molar-refractivity contribution in [2.24, 2.45) is 0 Å². The molecule has 3 heteroatoms. The zero-order valence-corrected chi connectivity index (χ0v) is 8.58. The molecule has 13 heavy (non-hydrogen) atoms. The molecule has 1 aliphatic rings. The molecule has 0 aromatic carbocycles. The number of methoxy groups -OCH3 is 1. The number of likely N-dealkylation sites (tertiary alicyclic amines) is 1. The second-order valence-electron chi connectivity index (χ2n) is 3.75. The average Bonchev–Trinajstić information content (AvgIpc) is 2.52. The molecule has 0 aromatic rings. The van der Waals surface area contributed by atoms with E-state index in [4.69, 9.17) is 0 Å². The van der Waals surface area contributed by atoms with Gasteiger partial charge in [0.1, 0.15) is 0 Å². The van der Waals surface area contributed by atoms with Gasteiger partial charge in [0.2, 0.25) is 0 Å². The predicted molar refractivity (Wildman–Crippen MR) is 51.5 cm³/mol. The normalized spacial score (nSPS) is 23.4. The summed E-state index contributed by atoms with van der Waals surface area (Å²) in [6, 6.07) is 0.699. The van der Waals surface area contributed by atoms with E-state index in [-0.39, 0.29) is 5.97 Å². The first-order chi connectivity index (χ1) is 6.24. The van der Waals surface area contributed by atoms with Crippen LogP contribution in [0.25, 0.3) is 0 Å². The highest BCUT2D eigenvalue weighted by atomic mass is 16.5. The molecule has 3 nitrogen and oxygen atoms in total. The fourth-order valence-corrected chi connectivity index (χ4v) is 1.93. The Morgan fingerprint density at radius 3 is 2.92 bits per heavy atom. The number of carbonyl (C=O) groups is 1. The van der Waals surface area contributed by atoms with Gasteiger partial charge in [0, 0.05) is 12.5 Å². The Labute approximate surface area is 80.1 Å². The Morgan fingerprint density at radius 1 is 1.62 bits per heavy atom. The van der Waals surface area contributed by atoms with Crippen LogP contribution in [-0.2, 0) is 9.53 Å². The van der Waals surface area contributed by atoms with Crippen molar-refractivity contribution in [3.05, 3.63) is 0 Å². The number of esters is 1. The predicted octanol–water partition coefficient (Wildman–Crippen LogP) is 1.42. The van der Waals surface area contributed by atoms with Crippen molar-refractivity contribution in [2.75, 3.05) is 20.7 Å². The molecule has 0 bridgehead atoms. The zero-order valence-electron chi connectivity index (χ0n) is 8.58. The van der Waals surface area contributed by atoms with Crippen LogP contribution in [0.15, 0.2) is 0 Å². The van der Waals surface area contributed by atoms with Gasteiger partial charge in [-0.25, -0.2) is 0 Å². The minimum atomic E-state index is -0.0827. The van der Waals surface area contributed by atoms with E-state index in [0.717, 1.165) is 12.8 Å². The van der Waals surface area contributed by atoms with E-state index in [1.165, 1.54) is 26.5 Å². The zero-order chi connectivity index (χ0) is 9.68. The first kappa shape index (κ1) is 10.5. The highest BCUT2D eigenvalue weighted by Gasteiger charge is 2.20. The molecule has 1 rings (SSSR count). The fourth-order valence-electron chi connectivity index (χ4n) is 1.93. The number of nitrogens with zero attached hydrogens (tertiary/aromatic N) is 1. The summed E-state index contributed by atoms with van der Waals surface area (Å²) in [5, 5.41) is 0. The molecule has 0 aromatic heterocycles. The Hall–Kier alpha value is -0.570. The van der Waals surface area contributed by atoms with Crippen molar-refractivity contribution < 1.29 is 9.53 Å². The van der Waals surface area contributed by atoms with Gasteiger partial charge in [-0.15, -0.1) is 0 Å². The maximum atomic E-state index is 10.8. The fraction of sp³-hybridized carbons (Fsp3) is 0.900. The number of carbonyl (C=O) groups excluding carboxylic acids is 1. The van der Waals surface area contributed by atoms with Gasteiger partial charge < -0.3 is 9.64 Å². The van der Waals surface area contributed by atoms with Crippen molar-refractivity contribution in [3.63, 3.8) is 0 Å². The maximum absolute atomic E-state index is 10.8. The smallest absolute Gasteiger partial charge is 0.305 e. The SMILES string of the molecule is COC(=O)CCC[C@@H]1CCCN1C. The summed E-state index contributed by atoms with van der Waals surface area (Å²) >= 11 is 0. The van der Waals surface area contributed by atoms with Gasteiger partial charge in [0.15, 0.2) is 0 Å². The van der Waals surface area contributed by atoms with Gasteiger partial charge in [-0.2, -0.15) is 0 Å². The van der Waals surface area contributed by atoms with Crippen LogP contribution >= 0.6 is 0 Å². The van der Waals surface area contributed by atoms with E-state index in [1.54, 1.807) is 0 Å². The summed E-state index contributed by atoms with van der Waals surface area (Å²) < 4.78 is 4.59. The van der Waals surface area contributed by atoms with E-state index in [9.17, 15) is 4.79 Å². The minimum absolute atomic E-state index is 0.0827. The molecule has 1 fully saturated rings. The van der Waals surface area contributed by atoms with Gasteiger partial charge in [0.25, 0.3) is 0 Å². The highest BCUT2D eigenvalue weighted by molar-refractivity contribution is 5.68. The van der Waals surface area contributed by atoms with E-state index < -0.39 is 0 Å². The number of hydrogen-bond acceptors (Lipinski definition) is 3. The second-order valence-corrected chi connectivity index (χ2v) is 3.75. The average molecular weight is 185 g/mol. The summed E-state index contributed by atoms with van der Waals surface area (Å²) in [6.45, 7) is 1.21. The van der Waals surface area contributed by atoms with Crippen LogP contribution in [0.3, 0.4) is 0 Å². The molecule has 0 spiro atoms.